The molecule has 3 heteroatoms. The van der Waals surface area contributed by atoms with Crippen LogP contribution < -0.4 is 10.1 Å². The normalized spacial score (nSPS) is 19.6. The van der Waals surface area contributed by atoms with Crippen molar-refractivity contribution in [2.75, 3.05) is 13.7 Å². The summed E-state index contributed by atoms with van der Waals surface area (Å²) in [5.74, 6) is 1.02. The van der Waals surface area contributed by atoms with Gasteiger partial charge in [-0.05, 0) is 44.0 Å². The first-order chi connectivity index (χ1) is 8.79. The van der Waals surface area contributed by atoms with Crippen LogP contribution in [0.5, 0.6) is 5.75 Å². The van der Waals surface area contributed by atoms with Gasteiger partial charge in [-0.3, -0.25) is 0 Å². The van der Waals surface area contributed by atoms with Crippen LogP contribution in [0.3, 0.4) is 0 Å². The Hall–Kier alpha value is -1.48. The van der Waals surface area contributed by atoms with Gasteiger partial charge in [0.25, 0.3) is 0 Å². The topological polar surface area (TPSA) is 26.2 Å². The molecule has 1 N–H and O–H groups in total. The molecule has 1 saturated heterocycles. The Morgan fingerprint density at radius 2 is 2.28 bits per heavy atom. The Morgan fingerprint density at radius 3 is 3.00 bits per heavy atom. The Balaban J connectivity index is 2.05. The van der Waals surface area contributed by atoms with Gasteiger partial charge in [0.05, 0.1) is 7.11 Å². The van der Waals surface area contributed by atoms with E-state index in [1.54, 1.807) is 7.11 Å². The largest absolute Gasteiger partial charge is 0.496 e. The van der Waals surface area contributed by atoms with Gasteiger partial charge < -0.3 is 14.6 Å². The Labute approximate surface area is 108 Å². The standard InChI is InChI=1S/C15H20N2O/c1-17-9-7-12-13(10-11-4-3-8-16-11)15(18-2)6-5-14(12)17/h5-7,9,11,16H,3-4,8,10H2,1-2H3. The third-order valence-corrected chi connectivity index (χ3v) is 3.97. The second-order valence-corrected chi connectivity index (χ2v) is 5.10. The van der Waals surface area contributed by atoms with Crippen molar-refractivity contribution >= 4 is 10.9 Å². The lowest BCUT2D eigenvalue weighted by Gasteiger charge is -2.15. The predicted molar refractivity (Wildman–Crippen MR) is 74.2 cm³/mol. The molecule has 2 heterocycles. The minimum Gasteiger partial charge on any atom is -0.496 e. The summed E-state index contributed by atoms with van der Waals surface area (Å²) < 4.78 is 7.70. The summed E-state index contributed by atoms with van der Waals surface area (Å²) in [5, 5.41) is 4.89. The van der Waals surface area contributed by atoms with E-state index in [9.17, 15) is 0 Å². The predicted octanol–water partition coefficient (Wildman–Crippen LogP) is 2.48. The molecular weight excluding hydrogens is 224 g/mol. The second kappa shape index (κ2) is 4.65. The van der Waals surface area contributed by atoms with Crippen LogP contribution in [0.4, 0.5) is 0 Å². The highest BCUT2D eigenvalue weighted by Gasteiger charge is 2.19. The third kappa shape index (κ3) is 1.89. The van der Waals surface area contributed by atoms with E-state index < -0.39 is 0 Å². The first-order valence-electron chi connectivity index (χ1n) is 6.64. The van der Waals surface area contributed by atoms with Gasteiger partial charge in [-0.1, -0.05) is 0 Å². The fourth-order valence-corrected chi connectivity index (χ4v) is 2.97. The number of fused-ring (bicyclic) bond motifs is 1. The maximum absolute atomic E-state index is 5.54. The highest BCUT2D eigenvalue weighted by molar-refractivity contribution is 5.86. The molecule has 1 aliphatic heterocycles. The van der Waals surface area contributed by atoms with E-state index in [1.165, 1.54) is 29.3 Å². The number of nitrogens with one attached hydrogen (secondary N) is 1. The minimum atomic E-state index is 0.602. The van der Waals surface area contributed by atoms with Crippen molar-refractivity contribution in [1.82, 2.24) is 9.88 Å². The van der Waals surface area contributed by atoms with E-state index >= 15 is 0 Å². The molecule has 0 aliphatic carbocycles. The molecule has 0 saturated carbocycles. The summed E-state index contributed by atoms with van der Waals surface area (Å²) in [6.07, 6.45) is 5.74. The number of hydrogen-bond donors (Lipinski definition) is 1. The molecule has 1 unspecified atom stereocenters. The number of rotatable bonds is 3. The maximum atomic E-state index is 5.54. The number of methoxy groups -OCH3 is 1. The van der Waals surface area contributed by atoms with Crippen LogP contribution in [0, 0.1) is 0 Å². The quantitative estimate of drug-likeness (QED) is 0.897. The van der Waals surface area contributed by atoms with Gasteiger partial charge in [0.15, 0.2) is 0 Å². The van der Waals surface area contributed by atoms with Crippen molar-refractivity contribution in [2.45, 2.75) is 25.3 Å². The zero-order chi connectivity index (χ0) is 12.5. The Kier molecular flexibility index (Phi) is 3.00. The van der Waals surface area contributed by atoms with Crippen molar-refractivity contribution in [1.29, 1.82) is 0 Å². The highest BCUT2D eigenvalue weighted by Crippen LogP contribution is 2.30. The van der Waals surface area contributed by atoms with Gasteiger partial charge in [0.1, 0.15) is 5.75 Å². The van der Waals surface area contributed by atoms with Gasteiger partial charge in [-0.15, -0.1) is 0 Å². The zero-order valence-electron chi connectivity index (χ0n) is 11.1. The number of nitrogens with zero attached hydrogens (tertiary/aromatic N) is 1. The smallest absolute Gasteiger partial charge is 0.122 e. The van der Waals surface area contributed by atoms with E-state index in [-0.39, 0.29) is 0 Å². The van der Waals surface area contributed by atoms with Crippen LogP contribution in [0.25, 0.3) is 10.9 Å². The molecular formula is C15H20N2O. The fourth-order valence-electron chi connectivity index (χ4n) is 2.97. The lowest BCUT2D eigenvalue weighted by Crippen LogP contribution is -2.23. The summed E-state index contributed by atoms with van der Waals surface area (Å²) in [4.78, 5) is 0. The van der Waals surface area contributed by atoms with Gasteiger partial charge >= 0.3 is 0 Å². The number of ether oxygens (including phenoxy) is 1. The molecule has 1 aromatic heterocycles. The number of aromatic nitrogens is 1. The van der Waals surface area contributed by atoms with Crippen LogP contribution >= 0.6 is 0 Å². The average Bonchev–Trinajstić information content (AvgIpc) is 3.00. The highest BCUT2D eigenvalue weighted by atomic mass is 16.5. The molecule has 2 aromatic rings. The van der Waals surface area contributed by atoms with Gasteiger partial charge in [0, 0.05) is 35.8 Å². The van der Waals surface area contributed by atoms with Crippen molar-refractivity contribution in [3.8, 4) is 5.75 Å². The SMILES string of the molecule is COc1ccc2c(ccn2C)c1CC1CCCN1. The first-order valence-corrected chi connectivity index (χ1v) is 6.64. The summed E-state index contributed by atoms with van der Waals surface area (Å²) in [6, 6.07) is 7.03. The summed E-state index contributed by atoms with van der Waals surface area (Å²) >= 11 is 0. The average molecular weight is 244 g/mol. The van der Waals surface area contributed by atoms with E-state index in [2.05, 4.69) is 41.3 Å². The number of benzene rings is 1. The maximum Gasteiger partial charge on any atom is 0.122 e. The molecule has 0 radical (unpaired) electrons. The van der Waals surface area contributed by atoms with Crippen molar-refractivity contribution < 1.29 is 4.74 Å². The molecule has 3 rings (SSSR count). The van der Waals surface area contributed by atoms with Crippen molar-refractivity contribution in [3.05, 3.63) is 30.0 Å². The van der Waals surface area contributed by atoms with Crippen LogP contribution in [-0.2, 0) is 13.5 Å². The molecule has 96 valence electrons. The van der Waals surface area contributed by atoms with E-state index in [4.69, 9.17) is 4.74 Å². The second-order valence-electron chi connectivity index (χ2n) is 5.10. The van der Waals surface area contributed by atoms with Crippen molar-refractivity contribution in [2.24, 2.45) is 7.05 Å². The van der Waals surface area contributed by atoms with Crippen LogP contribution in [0.1, 0.15) is 18.4 Å². The minimum absolute atomic E-state index is 0.602. The number of aryl methyl sites for hydroxylation is 1. The molecule has 18 heavy (non-hydrogen) atoms. The van der Waals surface area contributed by atoms with Crippen LogP contribution in [0.15, 0.2) is 24.4 Å². The molecule has 0 bridgehead atoms. The molecule has 1 aromatic carbocycles. The monoisotopic (exact) mass is 244 g/mol. The molecule has 1 fully saturated rings. The molecule has 1 atom stereocenters. The summed E-state index contributed by atoms with van der Waals surface area (Å²) in [7, 11) is 3.85. The van der Waals surface area contributed by atoms with E-state index in [1.807, 2.05) is 0 Å². The van der Waals surface area contributed by atoms with Crippen LogP contribution in [0.2, 0.25) is 0 Å². The van der Waals surface area contributed by atoms with Gasteiger partial charge in [-0.2, -0.15) is 0 Å². The van der Waals surface area contributed by atoms with E-state index in [0.717, 1.165) is 18.7 Å². The lowest BCUT2D eigenvalue weighted by molar-refractivity contribution is 0.408. The van der Waals surface area contributed by atoms with E-state index in [0.29, 0.717) is 6.04 Å². The Morgan fingerprint density at radius 1 is 1.39 bits per heavy atom. The van der Waals surface area contributed by atoms with Gasteiger partial charge in [-0.25, -0.2) is 0 Å². The van der Waals surface area contributed by atoms with Crippen LogP contribution in [-0.4, -0.2) is 24.3 Å². The Bertz CT molecular complexity index is 553. The van der Waals surface area contributed by atoms with Crippen molar-refractivity contribution in [3.63, 3.8) is 0 Å². The lowest BCUT2D eigenvalue weighted by atomic mass is 10.00. The first kappa shape index (κ1) is 11.6. The fraction of sp³-hybridized carbons (Fsp3) is 0.467. The number of hydrogen-bond acceptors (Lipinski definition) is 2. The summed E-state index contributed by atoms with van der Waals surface area (Å²) in [6.45, 7) is 1.15. The summed E-state index contributed by atoms with van der Waals surface area (Å²) in [5.41, 5.74) is 2.62. The third-order valence-electron chi connectivity index (χ3n) is 3.97. The zero-order valence-corrected chi connectivity index (χ0v) is 11.1. The van der Waals surface area contributed by atoms with Gasteiger partial charge in [0.2, 0.25) is 0 Å². The molecule has 3 nitrogen and oxygen atoms in total. The molecule has 1 aliphatic rings. The molecule has 0 spiro atoms. The molecule has 0 amide bonds.